The van der Waals surface area contributed by atoms with Crippen molar-refractivity contribution in [3.05, 3.63) is 64.7 Å². The van der Waals surface area contributed by atoms with E-state index in [-0.39, 0.29) is 11.8 Å². The fourth-order valence-electron chi connectivity index (χ4n) is 4.28. The second-order valence-corrected chi connectivity index (χ2v) is 9.08. The molecule has 33 heavy (non-hydrogen) atoms. The van der Waals surface area contributed by atoms with Gasteiger partial charge in [0, 0.05) is 25.2 Å². The number of halogens is 1. The smallest absolute Gasteiger partial charge is 0.341 e. The van der Waals surface area contributed by atoms with Crippen molar-refractivity contribution < 1.29 is 19.1 Å². The van der Waals surface area contributed by atoms with E-state index in [2.05, 4.69) is 15.5 Å². The number of hydrogen-bond acceptors (Lipinski definition) is 5. The number of carbonyl (C=O) groups excluding carboxylic acids is 3. The van der Waals surface area contributed by atoms with Crippen molar-refractivity contribution >= 4 is 35.1 Å². The first-order valence-corrected chi connectivity index (χ1v) is 11.6. The zero-order valence-corrected chi connectivity index (χ0v) is 19.4. The van der Waals surface area contributed by atoms with E-state index in [0.717, 1.165) is 31.6 Å². The molecule has 0 aromatic heterocycles. The summed E-state index contributed by atoms with van der Waals surface area (Å²) in [5.41, 5.74) is 0.927. The van der Waals surface area contributed by atoms with Gasteiger partial charge in [0.2, 0.25) is 5.91 Å². The molecule has 0 radical (unpaired) electrons. The van der Waals surface area contributed by atoms with Crippen LogP contribution in [0.4, 0.5) is 5.69 Å². The molecule has 0 spiro atoms. The Labute approximate surface area is 198 Å². The number of amides is 2. The Hall–Kier alpha value is -3.06. The number of esters is 1. The second kappa shape index (κ2) is 9.83. The summed E-state index contributed by atoms with van der Waals surface area (Å²) in [5, 5.41) is 6.33. The van der Waals surface area contributed by atoms with Gasteiger partial charge in [-0.15, -0.1) is 0 Å². The topological polar surface area (TPSA) is 87.7 Å². The van der Waals surface area contributed by atoms with E-state index >= 15 is 0 Å². The molecule has 7 nitrogen and oxygen atoms in total. The van der Waals surface area contributed by atoms with Crippen molar-refractivity contribution in [1.29, 1.82) is 0 Å². The molecule has 2 aliphatic rings. The predicted molar refractivity (Wildman–Crippen MR) is 127 cm³/mol. The zero-order chi connectivity index (χ0) is 23.4. The van der Waals surface area contributed by atoms with Crippen LogP contribution in [0.25, 0.3) is 0 Å². The first-order valence-electron chi connectivity index (χ1n) is 11.2. The van der Waals surface area contributed by atoms with E-state index in [1.807, 2.05) is 18.2 Å². The first kappa shape index (κ1) is 23.1. The average Bonchev–Trinajstić information content (AvgIpc) is 3.63. The molecule has 174 valence electrons. The van der Waals surface area contributed by atoms with E-state index in [4.69, 9.17) is 16.3 Å². The molecule has 2 aromatic carbocycles. The van der Waals surface area contributed by atoms with Crippen LogP contribution in [0.1, 0.15) is 46.4 Å². The zero-order valence-electron chi connectivity index (χ0n) is 18.6. The minimum absolute atomic E-state index is 0.114. The van der Waals surface area contributed by atoms with Crippen LogP contribution in [-0.4, -0.2) is 50.1 Å². The summed E-state index contributed by atoms with van der Waals surface area (Å²) in [5.74, 6) is -0.458. The Morgan fingerprint density at radius 3 is 2.39 bits per heavy atom. The van der Waals surface area contributed by atoms with Gasteiger partial charge in [-0.05, 0) is 55.9 Å². The van der Waals surface area contributed by atoms with Gasteiger partial charge in [-0.2, -0.15) is 0 Å². The summed E-state index contributed by atoms with van der Waals surface area (Å²) in [4.78, 5) is 39.6. The van der Waals surface area contributed by atoms with Crippen molar-refractivity contribution in [2.24, 2.45) is 5.92 Å². The van der Waals surface area contributed by atoms with E-state index in [1.54, 1.807) is 30.3 Å². The number of methoxy groups -OCH3 is 1. The monoisotopic (exact) mass is 469 g/mol. The van der Waals surface area contributed by atoms with Crippen LogP contribution in [0.2, 0.25) is 5.02 Å². The van der Waals surface area contributed by atoms with Crippen molar-refractivity contribution in [3.63, 3.8) is 0 Å². The maximum absolute atomic E-state index is 12.8. The third-order valence-electron chi connectivity index (χ3n) is 6.46. The summed E-state index contributed by atoms with van der Waals surface area (Å²) in [6.45, 7) is 2.07. The number of ether oxygens (including phenoxy) is 1. The van der Waals surface area contributed by atoms with Gasteiger partial charge in [-0.1, -0.05) is 35.9 Å². The van der Waals surface area contributed by atoms with Crippen LogP contribution in [0, 0.1) is 5.92 Å². The minimum atomic E-state index is -0.788. The molecule has 1 aliphatic carbocycles. The molecule has 2 aromatic rings. The predicted octanol–water partition coefficient (Wildman–Crippen LogP) is 3.42. The van der Waals surface area contributed by atoms with E-state index < -0.39 is 11.5 Å². The SMILES string of the molecule is COC(=O)c1c(Cl)cccc1N1CCC(CNC(=O)C2(NC(=O)c3ccccc3)CC2)CC1. The van der Waals surface area contributed by atoms with Crippen molar-refractivity contribution in [1.82, 2.24) is 10.6 Å². The second-order valence-electron chi connectivity index (χ2n) is 8.67. The van der Waals surface area contributed by atoms with Crippen LogP contribution in [0.3, 0.4) is 0 Å². The highest BCUT2D eigenvalue weighted by Crippen LogP contribution is 2.36. The maximum atomic E-state index is 12.8. The Kier molecular flexibility index (Phi) is 6.88. The number of piperidine rings is 1. The molecule has 0 atom stereocenters. The number of benzene rings is 2. The van der Waals surface area contributed by atoms with Crippen LogP contribution >= 0.6 is 11.6 Å². The summed E-state index contributed by atoms with van der Waals surface area (Å²) in [7, 11) is 1.35. The first-order chi connectivity index (χ1) is 15.9. The van der Waals surface area contributed by atoms with Gasteiger partial charge in [-0.25, -0.2) is 4.79 Å². The largest absolute Gasteiger partial charge is 0.465 e. The number of nitrogens with zero attached hydrogens (tertiary/aromatic N) is 1. The number of nitrogens with one attached hydrogen (secondary N) is 2. The number of carbonyl (C=O) groups is 3. The van der Waals surface area contributed by atoms with Gasteiger partial charge < -0.3 is 20.3 Å². The summed E-state index contributed by atoms with van der Waals surface area (Å²) in [6.07, 6.45) is 3.05. The molecule has 2 N–H and O–H groups in total. The molecule has 1 heterocycles. The fraction of sp³-hybridized carbons (Fsp3) is 0.400. The maximum Gasteiger partial charge on any atom is 0.341 e. The third-order valence-corrected chi connectivity index (χ3v) is 6.78. The summed E-state index contributed by atoms with van der Waals surface area (Å²) >= 11 is 6.25. The lowest BCUT2D eigenvalue weighted by Crippen LogP contribution is -2.50. The van der Waals surface area contributed by atoms with Gasteiger partial charge in [0.15, 0.2) is 0 Å². The number of anilines is 1. The summed E-state index contributed by atoms with van der Waals surface area (Å²) < 4.78 is 4.90. The normalized spacial score (nSPS) is 17.2. The van der Waals surface area contributed by atoms with Crippen LogP contribution in [0.15, 0.2) is 48.5 Å². The van der Waals surface area contributed by atoms with Crippen molar-refractivity contribution in [2.75, 3.05) is 31.6 Å². The molecular weight excluding hydrogens is 442 g/mol. The van der Waals surface area contributed by atoms with Crippen molar-refractivity contribution in [3.8, 4) is 0 Å². The standard InChI is InChI=1S/C25H28ClN3O4/c1-33-23(31)21-19(26)8-5-9-20(21)29-14-10-17(11-15-29)16-27-24(32)25(12-13-25)28-22(30)18-6-3-2-4-7-18/h2-9,17H,10-16H2,1H3,(H,27,32)(H,28,30). The molecule has 1 saturated heterocycles. The molecular formula is C25H28ClN3O4. The molecule has 1 saturated carbocycles. The lowest BCUT2D eigenvalue weighted by Gasteiger charge is -2.35. The highest BCUT2D eigenvalue weighted by atomic mass is 35.5. The fourth-order valence-corrected chi connectivity index (χ4v) is 4.52. The van der Waals surface area contributed by atoms with Gasteiger partial charge in [0.05, 0.1) is 17.8 Å². The van der Waals surface area contributed by atoms with Crippen molar-refractivity contribution in [2.45, 2.75) is 31.2 Å². The Morgan fingerprint density at radius 1 is 1.06 bits per heavy atom. The molecule has 0 unspecified atom stereocenters. The molecule has 8 heteroatoms. The lowest BCUT2D eigenvalue weighted by molar-refractivity contribution is -0.124. The Morgan fingerprint density at radius 2 is 1.76 bits per heavy atom. The van der Waals surface area contributed by atoms with Gasteiger partial charge in [0.1, 0.15) is 11.1 Å². The lowest BCUT2D eigenvalue weighted by atomic mass is 9.95. The van der Waals surface area contributed by atoms with Crippen LogP contribution < -0.4 is 15.5 Å². The third kappa shape index (κ3) is 5.14. The quantitative estimate of drug-likeness (QED) is 0.607. The van der Waals surface area contributed by atoms with Crippen LogP contribution in [-0.2, 0) is 9.53 Å². The Bertz CT molecular complexity index is 1030. The van der Waals surface area contributed by atoms with E-state index in [0.29, 0.717) is 41.5 Å². The van der Waals surface area contributed by atoms with Gasteiger partial charge in [0.25, 0.3) is 5.91 Å². The van der Waals surface area contributed by atoms with Gasteiger partial charge >= 0.3 is 5.97 Å². The Balaban J connectivity index is 1.29. The highest BCUT2D eigenvalue weighted by Gasteiger charge is 2.51. The molecule has 2 fully saturated rings. The summed E-state index contributed by atoms with van der Waals surface area (Å²) in [6, 6.07) is 14.3. The minimum Gasteiger partial charge on any atom is -0.465 e. The average molecular weight is 470 g/mol. The van der Waals surface area contributed by atoms with Gasteiger partial charge in [-0.3, -0.25) is 9.59 Å². The highest BCUT2D eigenvalue weighted by molar-refractivity contribution is 6.34. The molecule has 0 bridgehead atoms. The van der Waals surface area contributed by atoms with E-state index in [9.17, 15) is 14.4 Å². The molecule has 2 amide bonds. The van der Waals surface area contributed by atoms with E-state index in [1.165, 1.54) is 7.11 Å². The number of rotatable bonds is 7. The molecule has 1 aliphatic heterocycles. The van der Waals surface area contributed by atoms with Crippen LogP contribution in [0.5, 0.6) is 0 Å². The molecule has 4 rings (SSSR count). The number of hydrogen-bond donors (Lipinski definition) is 2.